The zero-order valence-electron chi connectivity index (χ0n) is 28.5. The van der Waals surface area contributed by atoms with Gasteiger partial charge in [0.15, 0.2) is 0 Å². The lowest BCUT2D eigenvalue weighted by atomic mass is 9.76. The molecule has 258 valence electrons. The lowest BCUT2D eigenvalue weighted by molar-refractivity contribution is -0.142. The summed E-state index contributed by atoms with van der Waals surface area (Å²) < 4.78 is 17.1. The summed E-state index contributed by atoms with van der Waals surface area (Å²) in [5, 5.41) is 16.2. The standard InChI is InChI=1S/C34H51BN4O8/c1-33(2,3)28-30(41)39-19-24(17-26(39)29(40)36-27-14-7-9-16-46-35(27)44)47-32(43)38-18-23-13-10-12-22(25(23)20-38)11-6-8-15-34(4,5)21-45-31(42)37-28/h10,12-13,24,26-28,44H,6-9,11,14-21H2,1-5H3,(H,36,40)(H,37,42)/t24-,26+,27?,28-/m1/s1. The molecule has 4 heterocycles. The van der Waals surface area contributed by atoms with Crippen LogP contribution >= 0.6 is 0 Å². The largest absolute Gasteiger partial charge is 0.478 e. The average molecular weight is 655 g/mol. The maximum absolute atomic E-state index is 14.3. The van der Waals surface area contributed by atoms with Gasteiger partial charge in [0.05, 0.1) is 19.1 Å². The summed E-state index contributed by atoms with van der Waals surface area (Å²) in [6.45, 7) is 11.1. The minimum absolute atomic E-state index is 0.0191. The molecular weight excluding hydrogens is 603 g/mol. The number of nitrogens with one attached hydrogen (secondary N) is 2. The van der Waals surface area contributed by atoms with Crippen molar-refractivity contribution in [1.82, 2.24) is 20.4 Å². The first-order valence-electron chi connectivity index (χ1n) is 17.1. The zero-order chi connectivity index (χ0) is 33.9. The molecule has 4 aliphatic rings. The van der Waals surface area contributed by atoms with E-state index in [-0.39, 0.29) is 25.0 Å². The van der Waals surface area contributed by atoms with Gasteiger partial charge in [0.1, 0.15) is 18.2 Å². The van der Waals surface area contributed by atoms with Crippen LogP contribution in [0.5, 0.6) is 0 Å². The number of carbonyl (C=O) groups is 4. The van der Waals surface area contributed by atoms with E-state index in [9.17, 15) is 24.2 Å². The van der Waals surface area contributed by atoms with Crippen LogP contribution in [0, 0.1) is 10.8 Å². The molecule has 1 aromatic rings. The number of ether oxygens (including phenoxy) is 2. The highest BCUT2D eigenvalue weighted by Gasteiger charge is 2.47. The SMILES string of the molecule is CC1(C)CCCCc2cccc3c2CN(C3)C(=O)O[C@@H]2C[C@@H](C(=O)NC3CCCCOB3O)N(C2)C(=O)[C@H](C(C)(C)C)NC(=O)OC1. The summed E-state index contributed by atoms with van der Waals surface area (Å²) in [4.78, 5) is 57.8. The van der Waals surface area contributed by atoms with Crippen molar-refractivity contribution in [2.24, 2.45) is 10.8 Å². The van der Waals surface area contributed by atoms with E-state index >= 15 is 0 Å². The summed E-state index contributed by atoms with van der Waals surface area (Å²) in [5.41, 5.74) is 2.46. The van der Waals surface area contributed by atoms with E-state index in [0.717, 1.165) is 49.7 Å². The van der Waals surface area contributed by atoms with Gasteiger partial charge < -0.3 is 34.7 Å². The van der Waals surface area contributed by atoms with Gasteiger partial charge in [-0.1, -0.05) is 59.2 Å². The number of fused-ring (bicyclic) bond motifs is 3. The normalized spacial score (nSPS) is 27.8. The highest BCUT2D eigenvalue weighted by molar-refractivity contribution is 6.45. The van der Waals surface area contributed by atoms with Crippen LogP contribution < -0.4 is 10.6 Å². The fourth-order valence-electron chi connectivity index (χ4n) is 7.02. The van der Waals surface area contributed by atoms with E-state index in [4.69, 9.17) is 14.1 Å². The Morgan fingerprint density at radius 3 is 2.62 bits per heavy atom. The number of aryl methyl sites for hydroxylation is 1. The predicted octanol–water partition coefficient (Wildman–Crippen LogP) is 3.71. The summed E-state index contributed by atoms with van der Waals surface area (Å²) in [7, 11) is -1.17. The van der Waals surface area contributed by atoms with Crippen molar-refractivity contribution < 1.29 is 38.3 Å². The Hall–Kier alpha value is -3.32. The van der Waals surface area contributed by atoms with Crippen LogP contribution in [-0.2, 0) is 43.2 Å². The van der Waals surface area contributed by atoms with E-state index in [2.05, 4.69) is 30.5 Å². The highest BCUT2D eigenvalue weighted by atomic mass is 16.6. The Kier molecular flexibility index (Phi) is 10.7. The number of carbonyl (C=O) groups excluding carboxylic acids is 4. The number of rotatable bonds is 2. The van der Waals surface area contributed by atoms with E-state index < -0.39 is 60.7 Å². The summed E-state index contributed by atoms with van der Waals surface area (Å²) in [5.74, 6) is -1.59. The second-order valence-electron chi connectivity index (χ2n) is 15.4. The molecular formula is C34H51BN4O8. The van der Waals surface area contributed by atoms with Crippen molar-refractivity contribution in [2.45, 2.75) is 123 Å². The molecule has 5 rings (SSSR count). The van der Waals surface area contributed by atoms with Crippen molar-refractivity contribution in [3.8, 4) is 0 Å². The molecule has 12 nitrogen and oxygen atoms in total. The topological polar surface area (TPSA) is 147 Å². The van der Waals surface area contributed by atoms with Gasteiger partial charge in [-0.15, -0.1) is 0 Å². The van der Waals surface area contributed by atoms with Crippen molar-refractivity contribution in [3.05, 3.63) is 34.9 Å². The van der Waals surface area contributed by atoms with E-state index in [1.165, 1.54) is 10.5 Å². The van der Waals surface area contributed by atoms with Crippen molar-refractivity contribution >= 4 is 31.1 Å². The fraction of sp³-hybridized carbons (Fsp3) is 0.706. The van der Waals surface area contributed by atoms with Crippen LogP contribution in [0.25, 0.3) is 0 Å². The first-order valence-corrected chi connectivity index (χ1v) is 17.1. The van der Waals surface area contributed by atoms with Gasteiger partial charge in [0.2, 0.25) is 11.8 Å². The minimum atomic E-state index is -1.17. The lowest BCUT2D eigenvalue weighted by Gasteiger charge is -2.35. The van der Waals surface area contributed by atoms with Gasteiger partial charge >= 0.3 is 19.3 Å². The monoisotopic (exact) mass is 654 g/mol. The second-order valence-corrected chi connectivity index (χ2v) is 15.4. The molecule has 0 aliphatic carbocycles. The number of alkyl carbamates (subject to hydrolysis) is 1. The molecule has 2 fully saturated rings. The zero-order valence-corrected chi connectivity index (χ0v) is 28.5. The van der Waals surface area contributed by atoms with Gasteiger partial charge in [0.25, 0.3) is 0 Å². The Balaban J connectivity index is 1.42. The van der Waals surface area contributed by atoms with Crippen molar-refractivity contribution in [3.63, 3.8) is 0 Å². The third kappa shape index (κ3) is 8.59. The van der Waals surface area contributed by atoms with Gasteiger partial charge in [0, 0.05) is 26.1 Å². The van der Waals surface area contributed by atoms with Gasteiger partial charge in [-0.2, -0.15) is 0 Å². The van der Waals surface area contributed by atoms with Gasteiger partial charge in [-0.25, -0.2) is 9.59 Å². The number of hydrogen-bond donors (Lipinski definition) is 3. The molecule has 4 bridgehead atoms. The molecule has 1 unspecified atom stereocenters. The number of nitrogens with zero attached hydrogens (tertiary/aromatic N) is 2. The fourth-order valence-corrected chi connectivity index (χ4v) is 7.02. The Morgan fingerprint density at radius 2 is 1.85 bits per heavy atom. The van der Waals surface area contributed by atoms with Crippen LogP contribution in [0.2, 0.25) is 0 Å². The van der Waals surface area contributed by atoms with Crippen LogP contribution in [0.1, 0.15) is 96.3 Å². The van der Waals surface area contributed by atoms with Gasteiger partial charge in [-0.05, 0) is 66.0 Å². The Labute approximate surface area is 278 Å². The Bertz CT molecular complexity index is 1330. The number of amides is 4. The minimum Gasteiger partial charge on any atom is -0.449 e. The number of hydrogen-bond acceptors (Lipinski definition) is 8. The molecule has 0 aromatic heterocycles. The molecule has 1 aromatic carbocycles. The maximum atomic E-state index is 14.3. The number of benzene rings is 1. The first kappa shape index (κ1) is 35.0. The molecule has 4 atom stereocenters. The molecule has 0 radical (unpaired) electrons. The molecule has 0 spiro atoms. The third-order valence-electron chi connectivity index (χ3n) is 9.84. The van der Waals surface area contributed by atoms with Crippen LogP contribution in [0.4, 0.5) is 9.59 Å². The molecule has 2 saturated heterocycles. The average Bonchev–Trinajstić information content (AvgIpc) is 3.58. The highest BCUT2D eigenvalue weighted by Crippen LogP contribution is 2.32. The van der Waals surface area contributed by atoms with Crippen LogP contribution in [-0.4, -0.2) is 89.8 Å². The smallest absolute Gasteiger partial charge is 0.449 e. The van der Waals surface area contributed by atoms with Crippen LogP contribution in [0.3, 0.4) is 0 Å². The first-order chi connectivity index (χ1) is 22.2. The maximum Gasteiger partial charge on any atom is 0.478 e. The second kappa shape index (κ2) is 14.4. The van der Waals surface area contributed by atoms with E-state index in [1.807, 2.05) is 32.9 Å². The van der Waals surface area contributed by atoms with Crippen molar-refractivity contribution in [1.29, 1.82) is 0 Å². The lowest BCUT2D eigenvalue weighted by Crippen LogP contribution is -2.59. The Morgan fingerprint density at radius 1 is 1.09 bits per heavy atom. The summed E-state index contributed by atoms with van der Waals surface area (Å²) >= 11 is 0. The van der Waals surface area contributed by atoms with E-state index in [0.29, 0.717) is 26.1 Å². The molecule has 47 heavy (non-hydrogen) atoms. The molecule has 13 heteroatoms. The number of cyclic esters (lactones) is 1. The summed E-state index contributed by atoms with van der Waals surface area (Å²) in [6, 6.07) is 4.17. The third-order valence-corrected chi connectivity index (χ3v) is 9.84. The summed E-state index contributed by atoms with van der Waals surface area (Å²) in [6.07, 6.45) is 3.83. The quantitative estimate of drug-likeness (QED) is 0.410. The molecule has 3 N–H and O–H groups in total. The van der Waals surface area contributed by atoms with E-state index in [1.54, 1.807) is 4.90 Å². The molecule has 0 saturated carbocycles. The predicted molar refractivity (Wildman–Crippen MR) is 175 cm³/mol. The molecule has 4 amide bonds. The van der Waals surface area contributed by atoms with Gasteiger partial charge in [-0.3, -0.25) is 14.5 Å². The molecule has 4 aliphatic heterocycles. The van der Waals surface area contributed by atoms with Crippen molar-refractivity contribution in [2.75, 3.05) is 19.8 Å². The van der Waals surface area contributed by atoms with Crippen LogP contribution in [0.15, 0.2) is 18.2 Å².